The van der Waals surface area contributed by atoms with Gasteiger partial charge in [0, 0.05) is 11.4 Å². The summed E-state index contributed by atoms with van der Waals surface area (Å²) in [4.78, 5) is 4.96. The van der Waals surface area contributed by atoms with Crippen molar-refractivity contribution in [3.8, 4) is 77.9 Å². The maximum Gasteiger partial charge on any atom is 0.0754 e. The van der Waals surface area contributed by atoms with Crippen molar-refractivity contribution in [3.63, 3.8) is 0 Å². The van der Waals surface area contributed by atoms with E-state index < -0.39 is 10.8 Å². The molecule has 0 saturated carbocycles. The van der Waals surface area contributed by atoms with Crippen molar-refractivity contribution in [2.75, 3.05) is 9.80 Å². The second kappa shape index (κ2) is 24.0. The van der Waals surface area contributed by atoms with Crippen LogP contribution >= 0.6 is 0 Å². The van der Waals surface area contributed by atoms with Gasteiger partial charge < -0.3 is 9.80 Å². The Labute approximate surface area is 649 Å². The molecule has 4 aliphatic rings. The summed E-state index contributed by atoms with van der Waals surface area (Å²) < 4.78 is 0. The molecule has 0 saturated heterocycles. The molecule has 0 fully saturated rings. The Hall–Kier alpha value is -14.4. The highest BCUT2D eigenvalue weighted by atomic mass is 15.2. The number of rotatable bonds is 7. The van der Waals surface area contributed by atoms with Crippen LogP contribution in [0.3, 0.4) is 0 Å². The first-order valence-electron chi connectivity index (χ1n) is 39.1. The zero-order valence-electron chi connectivity index (χ0n) is 61.2. The molecule has 518 valence electrons. The van der Waals surface area contributed by atoms with Gasteiger partial charge in [-0.2, -0.15) is 0 Å². The fourth-order valence-corrected chi connectivity index (χ4v) is 21.2. The van der Waals surface area contributed by atoms with Crippen LogP contribution in [-0.2, 0) is 10.8 Å². The van der Waals surface area contributed by atoms with Crippen LogP contribution in [0.5, 0.6) is 0 Å². The smallest absolute Gasteiger partial charge is 0.0754 e. The predicted octanol–water partition coefficient (Wildman–Crippen LogP) is 29.2. The number of para-hydroxylation sites is 6. The lowest BCUT2D eigenvalue weighted by Crippen LogP contribution is -2.36. The van der Waals surface area contributed by atoms with Gasteiger partial charge in [0.25, 0.3) is 0 Å². The molecule has 0 amide bonds. The third kappa shape index (κ3) is 8.47. The van der Waals surface area contributed by atoms with E-state index in [1.807, 2.05) is 0 Å². The van der Waals surface area contributed by atoms with Gasteiger partial charge in [0.2, 0.25) is 0 Å². The number of hydrogen-bond donors (Lipinski definition) is 0. The van der Waals surface area contributed by atoms with Crippen molar-refractivity contribution in [2.24, 2.45) is 0 Å². The van der Waals surface area contributed by atoms with Gasteiger partial charge >= 0.3 is 0 Å². The molecule has 0 atom stereocenters. The fourth-order valence-electron chi connectivity index (χ4n) is 21.2. The van der Waals surface area contributed by atoms with Crippen LogP contribution in [0.25, 0.3) is 143 Å². The summed E-state index contributed by atoms with van der Waals surface area (Å²) >= 11 is 0. The zero-order valence-corrected chi connectivity index (χ0v) is 61.2. The molecule has 2 heteroatoms. The third-order valence-electron chi connectivity index (χ3n) is 25.4. The SMILES string of the molecule is c1ccc(N2c3ccccc3C3(c4ccccc4-c4c(-c5cccc6c(-c7c8cccc(-c9cccc%10ccccc9%10)c8cc8c(-c9cccc%10ccccc9%10)cccc78)c7cccc(-c8cccc9c8-c8ccccc8C98c9ccccc9N(c9ccccc9)c9ccccc98)c7cc56)cccc43)c3ccccc32)cc1. The summed E-state index contributed by atoms with van der Waals surface area (Å²) in [6.45, 7) is 0. The predicted molar refractivity (Wildman–Crippen MR) is 470 cm³/mol. The molecule has 2 nitrogen and oxygen atoms in total. The van der Waals surface area contributed by atoms with Gasteiger partial charge in [-0.15, -0.1) is 0 Å². The minimum atomic E-state index is -0.665. The van der Waals surface area contributed by atoms with Crippen molar-refractivity contribution in [1.29, 1.82) is 0 Å². The second-order valence-electron chi connectivity index (χ2n) is 30.6. The molecule has 0 radical (unpaired) electrons. The number of benzene rings is 20. The highest BCUT2D eigenvalue weighted by Gasteiger charge is 2.54. The minimum absolute atomic E-state index is 0.665. The van der Waals surface area contributed by atoms with E-state index in [-0.39, 0.29) is 0 Å². The maximum absolute atomic E-state index is 2.60. The highest BCUT2D eigenvalue weighted by Crippen LogP contribution is 2.68. The van der Waals surface area contributed by atoms with E-state index in [9.17, 15) is 0 Å². The third-order valence-corrected chi connectivity index (χ3v) is 25.4. The van der Waals surface area contributed by atoms with Gasteiger partial charge in [-0.05, 0) is 248 Å². The van der Waals surface area contributed by atoms with Gasteiger partial charge in [-0.3, -0.25) is 0 Å². The first-order chi connectivity index (χ1) is 55.6. The Morgan fingerprint density at radius 3 is 0.741 bits per heavy atom. The first-order valence-corrected chi connectivity index (χ1v) is 39.1. The second-order valence-corrected chi connectivity index (χ2v) is 30.6. The number of nitrogens with zero attached hydrogens (tertiary/aromatic N) is 2. The van der Waals surface area contributed by atoms with Gasteiger partial charge in [-0.1, -0.05) is 352 Å². The lowest BCUT2D eigenvalue weighted by Gasteiger charge is -2.45. The largest absolute Gasteiger partial charge is 0.310 e. The van der Waals surface area contributed by atoms with Crippen molar-refractivity contribution >= 4 is 98.8 Å². The molecule has 24 rings (SSSR count). The first kappa shape index (κ1) is 62.6. The molecule has 2 heterocycles. The topological polar surface area (TPSA) is 6.48 Å². The monoisotopic (exact) mass is 1420 g/mol. The van der Waals surface area contributed by atoms with Crippen LogP contribution in [-0.4, -0.2) is 0 Å². The number of hydrogen-bond acceptors (Lipinski definition) is 2. The standard InChI is InChI=1S/C110H68N2/c1-3-35-71(36-4-1)111-101-63-19-15-57-95(101)109(96-58-16-20-64-102(96)111)93-55-13-11-41-87(93)105-81(53-29-61-99(105)109)79-47-27-51-85-91(79)68-92-80(82-54-30-62-100-106(82)88-42-12-14-56-94(88)110(100)97-59-17-21-65-103(97)112(72-37-5-2-6-38-72)104-66-22-18-60-98(104)110)48-28-52-86(92)108(85)107-83-49-25-45-77(75-43-23-33-69-31-7-9-39-73(69)75)89(83)67-90-78(46-26-50-84(90)107)76-44-24-34-70-32-8-10-40-74(70)76/h1-68H. The summed E-state index contributed by atoms with van der Waals surface area (Å²) in [5, 5.41) is 14.4. The Balaban J connectivity index is 0.836. The number of fused-ring (bicyclic) bond motifs is 24. The Bertz CT molecular complexity index is 6870. The molecule has 0 aromatic heterocycles. The van der Waals surface area contributed by atoms with E-state index in [1.54, 1.807) is 0 Å². The average Bonchev–Trinajstić information content (AvgIpc) is 1.48. The molecule has 2 spiro atoms. The van der Waals surface area contributed by atoms with E-state index >= 15 is 0 Å². The molecule has 0 unspecified atom stereocenters. The van der Waals surface area contributed by atoms with E-state index in [1.165, 1.54) is 210 Å². The van der Waals surface area contributed by atoms with Crippen molar-refractivity contribution in [2.45, 2.75) is 10.8 Å². The van der Waals surface area contributed by atoms with Crippen LogP contribution < -0.4 is 9.80 Å². The average molecular weight is 1420 g/mol. The Morgan fingerprint density at radius 2 is 0.375 bits per heavy atom. The van der Waals surface area contributed by atoms with Crippen LogP contribution in [0.2, 0.25) is 0 Å². The molecule has 0 bridgehead atoms. The summed E-state index contributed by atoms with van der Waals surface area (Å²) in [6.07, 6.45) is 0. The highest BCUT2D eigenvalue weighted by molar-refractivity contribution is 6.29. The molecule has 20 aromatic rings. The summed E-state index contributed by atoms with van der Waals surface area (Å²) in [6, 6.07) is 157. The van der Waals surface area contributed by atoms with E-state index in [2.05, 4.69) is 422 Å². The number of anilines is 6. The molecule has 20 aromatic carbocycles. The van der Waals surface area contributed by atoms with E-state index in [0.717, 1.165) is 11.4 Å². The lowest BCUT2D eigenvalue weighted by molar-refractivity contribution is 0.753. The molecule has 0 N–H and O–H groups in total. The normalized spacial score (nSPS) is 13.6. The molecular weight excluding hydrogens is 1350 g/mol. The van der Waals surface area contributed by atoms with E-state index in [4.69, 9.17) is 0 Å². The van der Waals surface area contributed by atoms with Gasteiger partial charge in [0.05, 0.1) is 33.6 Å². The summed E-state index contributed by atoms with van der Waals surface area (Å²) in [7, 11) is 0. The molecular formula is C110H68N2. The van der Waals surface area contributed by atoms with Gasteiger partial charge in [0.15, 0.2) is 0 Å². The molecule has 2 aliphatic heterocycles. The van der Waals surface area contributed by atoms with Crippen LogP contribution in [0, 0.1) is 0 Å². The maximum atomic E-state index is 2.60. The minimum Gasteiger partial charge on any atom is -0.310 e. The fraction of sp³-hybridized carbons (Fsp3) is 0.0182. The summed E-state index contributed by atoms with van der Waals surface area (Å²) in [5.74, 6) is 0. The zero-order chi connectivity index (χ0) is 73.3. The summed E-state index contributed by atoms with van der Waals surface area (Å²) in [5.41, 5.74) is 32.8. The Kier molecular flexibility index (Phi) is 13.4. The van der Waals surface area contributed by atoms with E-state index in [0.29, 0.717) is 0 Å². The van der Waals surface area contributed by atoms with Crippen molar-refractivity contribution in [1.82, 2.24) is 0 Å². The van der Waals surface area contributed by atoms with Gasteiger partial charge in [0.1, 0.15) is 0 Å². The lowest BCUT2D eigenvalue weighted by atomic mass is 9.64. The van der Waals surface area contributed by atoms with Crippen molar-refractivity contribution < 1.29 is 0 Å². The van der Waals surface area contributed by atoms with Gasteiger partial charge in [-0.25, -0.2) is 0 Å². The Morgan fingerprint density at radius 1 is 0.143 bits per heavy atom. The molecule has 2 aliphatic carbocycles. The molecule has 112 heavy (non-hydrogen) atoms. The van der Waals surface area contributed by atoms with Crippen LogP contribution in [0.15, 0.2) is 413 Å². The quantitative estimate of drug-likeness (QED) is 0.147. The van der Waals surface area contributed by atoms with Crippen molar-refractivity contribution in [3.05, 3.63) is 457 Å². The van der Waals surface area contributed by atoms with Crippen LogP contribution in [0.1, 0.15) is 44.5 Å². The van der Waals surface area contributed by atoms with Crippen LogP contribution in [0.4, 0.5) is 34.1 Å².